The summed E-state index contributed by atoms with van der Waals surface area (Å²) in [5.41, 5.74) is -0.0986. The number of methoxy groups -OCH3 is 2. The number of carbonyl (C=O) groups is 2. The molecule has 1 aromatic rings. The maximum Gasteiger partial charge on any atom is 0.340 e. The van der Waals surface area contributed by atoms with Gasteiger partial charge >= 0.3 is 5.97 Å². The van der Waals surface area contributed by atoms with Gasteiger partial charge in [0.2, 0.25) is 6.04 Å². The third kappa shape index (κ3) is 4.17. The van der Waals surface area contributed by atoms with Crippen LogP contribution in [0.3, 0.4) is 0 Å². The van der Waals surface area contributed by atoms with Crippen molar-refractivity contribution in [2.45, 2.75) is 6.04 Å². The summed E-state index contributed by atoms with van der Waals surface area (Å²) < 4.78 is 22.9. The molecule has 1 rings (SSSR count). The zero-order valence-corrected chi connectivity index (χ0v) is 12.4. The second-order valence-electron chi connectivity index (χ2n) is 3.61. The van der Waals surface area contributed by atoms with Gasteiger partial charge in [0.25, 0.3) is 0 Å². The zero-order valence-electron chi connectivity index (χ0n) is 10.8. The molecule has 0 bridgehead atoms. The molecule has 0 fully saturated rings. The number of hydrogen-bond acceptors (Lipinski definition) is 6. The molecule has 0 saturated carbocycles. The van der Waals surface area contributed by atoms with Gasteiger partial charge in [0.1, 0.15) is 12.3 Å². The van der Waals surface area contributed by atoms with Crippen molar-refractivity contribution in [3.8, 4) is 0 Å². The van der Waals surface area contributed by atoms with E-state index < -0.39 is 23.6 Å². The van der Waals surface area contributed by atoms with E-state index in [-0.39, 0.29) is 16.8 Å². The Hall–Kier alpha value is -1.67. The zero-order chi connectivity index (χ0) is 15.1. The van der Waals surface area contributed by atoms with Crippen LogP contribution in [-0.4, -0.2) is 38.6 Å². The number of ether oxygens (including phenoxy) is 2. The lowest BCUT2D eigenvalue weighted by Crippen LogP contribution is -2.31. The summed E-state index contributed by atoms with van der Waals surface area (Å²) in [6.07, 6.45) is 0. The van der Waals surface area contributed by atoms with Crippen LogP contribution < -0.4 is 0 Å². The van der Waals surface area contributed by atoms with Gasteiger partial charge in [0.15, 0.2) is 11.6 Å². The lowest BCUT2D eigenvalue weighted by molar-refractivity contribution is -0.146. The molecule has 0 amide bonds. The fourth-order valence-corrected chi connectivity index (χ4v) is 1.62. The smallest absolute Gasteiger partial charge is 0.340 e. The number of azo groups is 1. The third-order valence-electron chi connectivity index (χ3n) is 2.23. The number of carbonyl (C=O) groups excluding carboxylic acids is 2. The van der Waals surface area contributed by atoms with E-state index in [9.17, 15) is 14.0 Å². The Balaban J connectivity index is 2.99. The molecule has 8 heteroatoms. The Morgan fingerprint density at radius 3 is 2.70 bits per heavy atom. The van der Waals surface area contributed by atoms with Crippen molar-refractivity contribution in [3.05, 3.63) is 28.5 Å². The molecule has 0 aromatic heterocycles. The van der Waals surface area contributed by atoms with E-state index in [1.165, 1.54) is 19.2 Å². The highest BCUT2D eigenvalue weighted by atomic mass is 79.9. The number of nitrogens with zero attached hydrogens (tertiary/aromatic N) is 2. The van der Waals surface area contributed by atoms with Crippen LogP contribution >= 0.6 is 15.9 Å². The average molecular weight is 347 g/mol. The SMILES string of the molecule is COCC(=O)C(N=Nc1cccc(Br)c1F)C(=O)OC. The monoisotopic (exact) mass is 346 g/mol. The van der Waals surface area contributed by atoms with Crippen LogP contribution in [0.15, 0.2) is 32.9 Å². The summed E-state index contributed by atoms with van der Waals surface area (Å²) in [6, 6.07) is 2.92. The number of hydrogen-bond donors (Lipinski definition) is 0. The minimum atomic E-state index is -1.47. The van der Waals surface area contributed by atoms with E-state index in [1.807, 2.05) is 0 Å². The maximum absolute atomic E-state index is 13.7. The minimum Gasteiger partial charge on any atom is -0.467 e. The van der Waals surface area contributed by atoms with Gasteiger partial charge in [-0.2, -0.15) is 10.2 Å². The molecule has 0 aliphatic rings. The molecule has 0 spiro atoms. The molecule has 0 radical (unpaired) electrons. The highest BCUT2D eigenvalue weighted by Gasteiger charge is 2.27. The first kappa shape index (κ1) is 16.4. The van der Waals surface area contributed by atoms with Crippen molar-refractivity contribution in [1.82, 2.24) is 0 Å². The molecule has 1 unspecified atom stereocenters. The van der Waals surface area contributed by atoms with Gasteiger partial charge in [-0.1, -0.05) is 6.07 Å². The van der Waals surface area contributed by atoms with Crippen LogP contribution in [0, 0.1) is 5.82 Å². The van der Waals surface area contributed by atoms with Gasteiger partial charge in [-0.3, -0.25) is 4.79 Å². The van der Waals surface area contributed by atoms with Gasteiger partial charge in [-0.25, -0.2) is 9.18 Å². The van der Waals surface area contributed by atoms with Crippen LogP contribution in [0.5, 0.6) is 0 Å². The van der Waals surface area contributed by atoms with Crippen LogP contribution in [-0.2, 0) is 19.1 Å². The topological polar surface area (TPSA) is 77.3 Å². The Bertz CT molecular complexity index is 536. The van der Waals surface area contributed by atoms with E-state index in [2.05, 4.69) is 35.6 Å². The largest absolute Gasteiger partial charge is 0.467 e. The molecule has 0 heterocycles. The van der Waals surface area contributed by atoms with E-state index in [0.29, 0.717) is 0 Å². The van der Waals surface area contributed by atoms with Gasteiger partial charge in [-0.15, -0.1) is 0 Å². The summed E-state index contributed by atoms with van der Waals surface area (Å²) in [6.45, 7) is -0.320. The van der Waals surface area contributed by atoms with E-state index in [0.717, 1.165) is 7.11 Å². The van der Waals surface area contributed by atoms with E-state index in [1.54, 1.807) is 6.07 Å². The molecule has 0 aliphatic carbocycles. The lowest BCUT2D eigenvalue weighted by Gasteiger charge is -2.07. The second kappa shape index (κ2) is 7.81. The summed E-state index contributed by atoms with van der Waals surface area (Å²) in [5, 5.41) is 7.13. The minimum absolute atomic E-state index is 0.0986. The fraction of sp³-hybridized carbons (Fsp3) is 0.333. The van der Waals surface area contributed by atoms with E-state index >= 15 is 0 Å². The molecular formula is C12H12BrFN2O4. The second-order valence-corrected chi connectivity index (χ2v) is 4.47. The number of esters is 1. The van der Waals surface area contributed by atoms with Gasteiger partial charge in [0.05, 0.1) is 11.6 Å². The number of benzene rings is 1. The average Bonchev–Trinajstić information content (AvgIpc) is 2.43. The quantitative estimate of drug-likeness (QED) is 0.450. The van der Waals surface area contributed by atoms with Crippen molar-refractivity contribution >= 4 is 33.4 Å². The third-order valence-corrected chi connectivity index (χ3v) is 2.84. The molecule has 1 aromatic carbocycles. The molecular weight excluding hydrogens is 335 g/mol. The molecule has 108 valence electrons. The number of halogens is 2. The Kier molecular flexibility index (Phi) is 6.40. The molecule has 6 nitrogen and oxygen atoms in total. The highest BCUT2D eigenvalue weighted by molar-refractivity contribution is 9.10. The predicted octanol–water partition coefficient (Wildman–Crippen LogP) is 2.43. The molecule has 0 N–H and O–H groups in total. The summed E-state index contributed by atoms with van der Waals surface area (Å²) in [7, 11) is 2.42. The van der Waals surface area contributed by atoms with Crippen LogP contribution in [0.2, 0.25) is 0 Å². The van der Waals surface area contributed by atoms with E-state index in [4.69, 9.17) is 0 Å². The molecule has 0 saturated heterocycles. The van der Waals surface area contributed by atoms with Gasteiger partial charge in [-0.05, 0) is 28.1 Å². The fourth-order valence-electron chi connectivity index (χ4n) is 1.27. The number of ketones is 1. The van der Waals surface area contributed by atoms with Crippen LogP contribution in [0.1, 0.15) is 0 Å². The molecule has 1 atom stereocenters. The van der Waals surface area contributed by atoms with Crippen molar-refractivity contribution in [3.63, 3.8) is 0 Å². The number of Topliss-reactive ketones (excluding diaryl/α,β-unsaturated/α-hetero) is 1. The Labute approximate surface area is 123 Å². The van der Waals surface area contributed by atoms with Crippen LogP contribution in [0.4, 0.5) is 10.1 Å². The summed E-state index contributed by atoms with van der Waals surface area (Å²) in [5.74, 6) is -2.15. The van der Waals surface area contributed by atoms with Crippen molar-refractivity contribution < 1.29 is 23.5 Å². The lowest BCUT2D eigenvalue weighted by atomic mass is 10.2. The van der Waals surface area contributed by atoms with Gasteiger partial charge < -0.3 is 9.47 Å². The standard InChI is InChI=1S/C12H12BrFN2O4/c1-19-6-9(17)11(12(18)20-2)16-15-8-5-3-4-7(13)10(8)14/h3-5,11H,6H2,1-2H3. The Morgan fingerprint density at radius 2 is 2.10 bits per heavy atom. The normalized spacial score (nSPS) is 12.4. The highest BCUT2D eigenvalue weighted by Crippen LogP contribution is 2.25. The summed E-state index contributed by atoms with van der Waals surface area (Å²) in [4.78, 5) is 23.1. The Morgan fingerprint density at radius 1 is 1.40 bits per heavy atom. The molecule has 0 aliphatic heterocycles. The van der Waals surface area contributed by atoms with Crippen LogP contribution in [0.25, 0.3) is 0 Å². The first-order valence-electron chi connectivity index (χ1n) is 5.45. The number of rotatable bonds is 6. The van der Waals surface area contributed by atoms with Crippen molar-refractivity contribution in [1.29, 1.82) is 0 Å². The summed E-state index contributed by atoms with van der Waals surface area (Å²) >= 11 is 2.99. The van der Waals surface area contributed by atoms with Gasteiger partial charge in [0, 0.05) is 7.11 Å². The maximum atomic E-state index is 13.7. The van der Waals surface area contributed by atoms with Crippen molar-refractivity contribution in [2.75, 3.05) is 20.8 Å². The van der Waals surface area contributed by atoms with Crippen molar-refractivity contribution in [2.24, 2.45) is 10.2 Å². The first-order valence-corrected chi connectivity index (χ1v) is 6.25. The first-order chi connectivity index (χ1) is 9.51. The predicted molar refractivity (Wildman–Crippen MR) is 71.3 cm³/mol. The molecule has 20 heavy (non-hydrogen) atoms.